The van der Waals surface area contributed by atoms with E-state index >= 15 is 0 Å². The minimum atomic E-state index is -0.203. The summed E-state index contributed by atoms with van der Waals surface area (Å²) in [7, 11) is 0. The van der Waals surface area contributed by atoms with Crippen LogP contribution in [-0.4, -0.2) is 29.5 Å². The molecular weight excluding hydrogens is 362 g/mol. The van der Waals surface area contributed by atoms with Crippen LogP contribution in [0.1, 0.15) is 64.6 Å². The Morgan fingerprint density at radius 2 is 2.03 bits per heavy atom. The van der Waals surface area contributed by atoms with E-state index in [9.17, 15) is 10.2 Å². The second kappa shape index (κ2) is 8.20. The summed E-state index contributed by atoms with van der Waals surface area (Å²) in [5.74, 6) is 2.78. The van der Waals surface area contributed by atoms with Gasteiger partial charge in [-0.15, -0.1) is 0 Å². The summed E-state index contributed by atoms with van der Waals surface area (Å²) >= 11 is 0. The molecule has 3 aliphatic rings. The van der Waals surface area contributed by atoms with Crippen LogP contribution in [0, 0.1) is 34.5 Å². The van der Waals surface area contributed by atoms with Crippen molar-refractivity contribution < 1.29 is 14.6 Å². The number of hydrogen-bond acceptors (Lipinski definition) is 4. The molecule has 3 aliphatic carbocycles. The fraction of sp³-hybridized carbons (Fsp3) is 0.760. The zero-order valence-electron chi connectivity index (χ0n) is 18.2. The topological polar surface area (TPSA) is 65.6 Å². The summed E-state index contributed by atoms with van der Waals surface area (Å²) in [5, 5.41) is 24.5. The first kappa shape index (κ1) is 21.1. The molecule has 3 saturated carbocycles. The molecule has 3 N–H and O–H groups in total. The highest BCUT2D eigenvalue weighted by Crippen LogP contribution is 2.63. The third-order valence-electron chi connectivity index (χ3n) is 9.22. The van der Waals surface area contributed by atoms with Gasteiger partial charge in [-0.05, 0) is 98.1 Å². The van der Waals surface area contributed by atoms with E-state index in [0.29, 0.717) is 23.7 Å². The van der Waals surface area contributed by atoms with Crippen molar-refractivity contribution in [2.45, 2.75) is 71.4 Å². The van der Waals surface area contributed by atoms with Gasteiger partial charge in [0.15, 0.2) is 0 Å². The molecule has 1 aromatic rings. The van der Waals surface area contributed by atoms with Gasteiger partial charge in [0.05, 0.1) is 18.9 Å². The molecule has 29 heavy (non-hydrogen) atoms. The van der Waals surface area contributed by atoms with Crippen molar-refractivity contribution in [2.24, 2.45) is 34.5 Å². The van der Waals surface area contributed by atoms with Gasteiger partial charge in [-0.25, -0.2) is 0 Å². The Bertz CT molecular complexity index is 701. The molecule has 7 atom stereocenters. The molecular formula is C25H39NO3. The SMILES string of the molecule is C=C1CCC2C(CO)C(C3(C)CCC(O)CC3CNCc3ccco3)CCC12C. The predicted octanol–water partition coefficient (Wildman–Crippen LogP) is 4.53. The number of rotatable bonds is 6. The highest BCUT2D eigenvalue weighted by atomic mass is 16.3. The molecule has 0 saturated heterocycles. The van der Waals surface area contributed by atoms with Crippen LogP contribution in [0.15, 0.2) is 35.0 Å². The molecule has 7 unspecified atom stereocenters. The fourth-order valence-corrected chi connectivity index (χ4v) is 7.25. The summed E-state index contributed by atoms with van der Waals surface area (Å²) in [6.45, 7) is 11.1. The van der Waals surface area contributed by atoms with Crippen LogP contribution >= 0.6 is 0 Å². The maximum absolute atomic E-state index is 10.5. The van der Waals surface area contributed by atoms with Crippen molar-refractivity contribution in [1.29, 1.82) is 0 Å². The smallest absolute Gasteiger partial charge is 0.117 e. The van der Waals surface area contributed by atoms with Crippen LogP contribution in [-0.2, 0) is 6.54 Å². The molecule has 0 bridgehead atoms. The molecule has 4 rings (SSSR count). The van der Waals surface area contributed by atoms with Crippen molar-refractivity contribution in [3.63, 3.8) is 0 Å². The molecule has 1 aromatic heterocycles. The quantitative estimate of drug-likeness (QED) is 0.613. The van der Waals surface area contributed by atoms with E-state index in [4.69, 9.17) is 4.42 Å². The minimum absolute atomic E-state index is 0.147. The maximum atomic E-state index is 10.5. The van der Waals surface area contributed by atoms with Crippen molar-refractivity contribution in [2.75, 3.05) is 13.2 Å². The lowest BCUT2D eigenvalue weighted by Gasteiger charge is -2.56. The van der Waals surface area contributed by atoms with Gasteiger partial charge in [0.25, 0.3) is 0 Å². The molecule has 4 nitrogen and oxygen atoms in total. The lowest BCUT2D eigenvalue weighted by atomic mass is 9.49. The number of aliphatic hydroxyl groups is 2. The molecule has 1 heterocycles. The van der Waals surface area contributed by atoms with E-state index in [2.05, 4.69) is 25.7 Å². The summed E-state index contributed by atoms with van der Waals surface area (Å²) in [4.78, 5) is 0. The van der Waals surface area contributed by atoms with Crippen LogP contribution in [0.4, 0.5) is 0 Å². The van der Waals surface area contributed by atoms with Gasteiger partial charge < -0.3 is 19.9 Å². The number of furan rings is 1. The van der Waals surface area contributed by atoms with E-state index in [1.807, 2.05) is 12.1 Å². The molecule has 3 fully saturated rings. The van der Waals surface area contributed by atoms with Crippen LogP contribution in [0.3, 0.4) is 0 Å². The molecule has 0 amide bonds. The first-order chi connectivity index (χ1) is 13.9. The number of hydrogen-bond donors (Lipinski definition) is 3. The van der Waals surface area contributed by atoms with E-state index in [1.165, 1.54) is 24.8 Å². The standard InChI is InChI=1S/C25H39NO3/c1-17-6-7-22-21(16-27)23(9-11-24(17,22)2)25(3)10-8-19(28)13-18(25)14-26-15-20-5-4-12-29-20/h4-5,12,18-19,21-23,26-28H,1,6-11,13-16H2,2-3H3. The lowest BCUT2D eigenvalue weighted by molar-refractivity contribution is -0.0930. The highest BCUT2D eigenvalue weighted by molar-refractivity contribution is 5.20. The first-order valence-corrected chi connectivity index (χ1v) is 11.6. The van der Waals surface area contributed by atoms with E-state index < -0.39 is 0 Å². The molecule has 162 valence electrons. The molecule has 0 aliphatic heterocycles. The van der Waals surface area contributed by atoms with Gasteiger partial charge in [0.2, 0.25) is 0 Å². The molecule has 0 radical (unpaired) electrons. The second-order valence-corrected chi connectivity index (χ2v) is 10.5. The Labute approximate surface area is 175 Å². The Morgan fingerprint density at radius 3 is 2.76 bits per heavy atom. The van der Waals surface area contributed by atoms with Gasteiger partial charge in [-0.3, -0.25) is 0 Å². The number of nitrogens with one attached hydrogen (secondary N) is 1. The van der Waals surface area contributed by atoms with E-state index in [0.717, 1.165) is 44.5 Å². The van der Waals surface area contributed by atoms with Gasteiger partial charge in [-0.2, -0.15) is 0 Å². The Balaban J connectivity index is 1.52. The zero-order valence-corrected chi connectivity index (χ0v) is 18.2. The molecule has 0 aromatic carbocycles. The first-order valence-electron chi connectivity index (χ1n) is 11.6. The van der Waals surface area contributed by atoms with Crippen LogP contribution in [0.2, 0.25) is 0 Å². The van der Waals surface area contributed by atoms with Crippen molar-refractivity contribution >= 4 is 0 Å². The minimum Gasteiger partial charge on any atom is -0.468 e. The molecule has 0 spiro atoms. The predicted molar refractivity (Wildman–Crippen MR) is 115 cm³/mol. The zero-order chi connectivity index (χ0) is 20.6. The molecule has 4 heteroatoms. The van der Waals surface area contributed by atoms with Crippen molar-refractivity contribution in [3.05, 3.63) is 36.3 Å². The largest absolute Gasteiger partial charge is 0.468 e. The van der Waals surface area contributed by atoms with Crippen LogP contribution in [0.25, 0.3) is 0 Å². The monoisotopic (exact) mass is 401 g/mol. The maximum Gasteiger partial charge on any atom is 0.117 e. The number of allylic oxidation sites excluding steroid dienone is 1. The van der Waals surface area contributed by atoms with E-state index in [1.54, 1.807) is 6.26 Å². The Hall–Kier alpha value is -1.10. The van der Waals surface area contributed by atoms with Crippen LogP contribution in [0.5, 0.6) is 0 Å². The third kappa shape index (κ3) is 3.73. The average Bonchev–Trinajstić information content (AvgIpc) is 3.32. The summed E-state index contributed by atoms with van der Waals surface area (Å²) < 4.78 is 5.46. The summed E-state index contributed by atoms with van der Waals surface area (Å²) in [6.07, 6.45) is 8.95. The Kier molecular flexibility index (Phi) is 5.98. The third-order valence-corrected chi connectivity index (χ3v) is 9.22. The van der Waals surface area contributed by atoms with Gasteiger partial charge in [-0.1, -0.05) is 26.0 Å². The number of fused-ring (bicyclic) bond motifs is 1. The lowest BCUT2D eigenvalue weighted by Crippen LogP contribution is -2.53. The summed E-state index contributed by atoms with van der Waals surface area (Å²) in [6, 6.07) is 3.92. The normalized spacial score (nSPS) is 42.8. The van der Waals surface area contributed by atoms with Gasteiger partial charge in [0, 0.05) is 6.61 Å². The number of aliphatic hydroxyl groups excluding tert-OH is 2. The van der Waals surface area contributed by atoms with Crippen molar-refractivity contribution in [3.8, 4) is 0 Å². The van der Waals surface area contributed by atoms with Gasteiger partial charge in [0.1, 0.15) is 5.76 Å². The average molecular weight is 402 g/mol. The summed E-state index contributed by atoms with van der Waals surface area (Å²) in [5.41, 5.74) is 1.76. The van der Waals surface area contributed by atoms with Gasteiger partial charge >= 0.3 is 0 Å². The Morgan fingerprint density at radius 1 is 1.21 bits per heavy atom. The van der Waals surface area contributed by atoms with Crippen LogP contribution < -0.4 is 5.32 Å². The van der Waals surface area contributed by atoms with Crippen molar-refractivity contribution in [1.82, 2.24) is 5.32 Å². The second-order valence-electron chi connectivity index (χ2n) is 10.5. The van der Waals surface area contributed by atoms with E-state index in [-0.39, 0.29) is 23.5 Å². The fourth-order valence-electron chi connectivity index (χ4n) is 7.25. The highest BCUT2D eigenvalue weighted by Gasteiger charge is 2.56.